The molecule has 36 heavy (non-hydrogen) atoms. The van der Waals surface area contributed by atoms with E-state index in [0.29, 0.717) is 31.0 Å². The molecule has 2 amide bonds. The number of ether oxygens (including phenoxy) is 1. The molecular formula is C29H33FN2O4. The van der Waals surface area contributed by atoms with E-state index < -0.39 is 11.5 Å². The number of fused-ring (bicyclic) bond motifs is 1. The number of nitrogens with zero attached hydrogens (tertiary/aromatic N) is 2. The molecule has 0 N–H and O–H groups in total. The van der Waals surface area contributed by atoms with Crippen LogP contribution < -0.4 is 4.74 Å². The molecule has 3 aromatic rings. The summed E-state index contributed by atoms with van der Waals surface area (Å²) in [6.07, 6.45) is 0.706. The Bertz CT molecular complexity index is 1260. The van der Waals surface area contributed by atoms with Gasteiger partial charge in [-0.1, -0.05) is 39.0 Å². The summed E-state index contributed by atoms with van der Waals surface area (Å²) in [4.78, 5) is 29.1. The summed E-state index contributed by atoms with van der Waals surface area (Å²) in [5.74, 6) is 0.901. The van der Waals surface area contributed by atoms with Crippen molar-refractivity contribution in [2.75, 3.05) is 20.1 Å². The van der Waals surface area contributed by atoms with Crippen molar-refractivity contribution in [2.24, 2.45) is 5.41 Å². The van der Waals surface area contributed by atoms with Gasteiger partial charge in [-0.25, -0.2) is 4.39 Å². The minimum absolute atomic E-state index is 0.0126. The van der Waals surface area contributed by atoms with Crippen molar-refractivity contribution in [3.8, 4) is 5.75 Å². The van der Waals surface area contributed by atoms with Gasteiger partial charge in [0, 0.05) is 25.6 Å². The maximum Gasteiger partial charge on any atom is 0.289 e. The third-order valence-electron chi connectivity index (χ3n) is 6.49. The highest BCUT2D eigenvalue weighted by Gasteiger charge is 2.37. The molecule has 1 aliphatic heterocycles. The Labute approximate surface area is 211 Å². The minimum Gasteiger partial charge on any atom is -0.486 e. The number of carbonyl (C=O) groups excluding carboxylic acids is 2. The molecule has 0 bridgehead atoms. The maximum absolute atomic E-state index is 14.2. The van der Waals surface area contributed by atoms with Crippen LogP contribution in [0, 0.1) is 11.2 Å². The van der Waals surface area contributed by atoms with Crippen LogP contribution in [0.25, 0.3) is 0 Å². The molecular weight excluding hydrogens is 459 g/mol. The van der Waals surface area contributed by atoms with Crippen molar-refractivity contribution in [3.63, 3.8) is 0 Å². The van der Waals surface area contributed by atoms with Crippen LogP contribution in [0.15, 0.2) is 59.0 Å². The lowest BCUT2D eigenvalue weighted by atomic mass is 9.85. The van der Waals surface area contributed by atoms with Gasteiger partial charge in [-0.3, -0.25) is 9.59 Å². The average Bonchev–Trinajstić information content (AvgIpc) is 3.33. The first-order valence-corrected chi connectivity index (χ1v) is 12.2. The minimum atomic E-state index is -0.572. The fraction of sp³-hybridized carbons (Fsp3) is 0.379. The van der Waals surface area contributed by atoms with Crippen molar-refractivity contribution in [1.82, 2.24) is 9.80 Å². The van der Waals surface area contributed by atoms with Crippen LogP contribution in [0.3, 0.4) is 0 Å². The van der Waals surface area contributed by atoms with Gasteiger partial charge in [0.2, 0.25) is 5.91 Å². The molecule has 7 heteroatoms. The van der Waals surface area contributed by atoms with Gasteiger partial charge >= 0.3 is 0 Å². The van der Waals surface area contributed by atoms with E-state index in [1.807, 2.05) is 56.9 Å². The van der Waals surface area contributed by atoms with Gasteiger partial charge in [-0.2, -0.15) is 0 Å². The first-order chi connectivity index (χ1) is 17.1. The van der Waals surface area contributed by atoms with Crippen LogP contribution in [-0.2, 0) is 17.8 Å². The van der Waals surface area contributed by atoms with Crippen LogP contribution in [0.1, 0.15) is 66.7 Å². The lowest BCUT2D eigenvalue weighted by Crippen LogP contribution is -2.45. The molecule has 1 atom stereocenters. The molecule has 2 heterocycles. The number of amides is 2. The summed E-state index contributed by atoms with van der Waals surface area (Å²) >= 11 is 0. The fourth-order valence-corrected chi connectivity index (χ4v) is 4.43. The summed E-state index contributed by atoms with van der Waals surface area (Å²) in [5.41, 5.74) is 2.17. The molecule has 0 aliphatic carbocycles. The molecule has 0 radical (unpaired) electrons. The lowest BCUT2D eigenvalue weighted by Gasteiger charge is -2.41. The quantitative estimate of drug-likeness (QED) is 0.449. The monoisotopic (exact) mass is 492 g/mol. The second kappa shape index (κ2) is 10.2. The molecule has 0 fully saturated rings. The van der Waals surface area contributed by atoms with Gasteiger partial charge in [0.15, 0.2) is 5.76 Å². The normalized spacial score (nSPS) is 15.4. The Hall–Kier alpha value is -3.61. The van der Waals surface area contributed by atoms with Crippen LogP contribution in [-0.4, -0.2) is 41.8 Å². The van der Waals surface area contributed by atoms with E-state index in [0.717, 1.165) is 16.7 Å². The molecule has 1 aromatic heterocycles. The molecule has 190 valence electrons. The van der Waals surface area contributed by atoms with Crippen molar-refractivity contribution in [3.05, 3.63) is 88.6 Å². The fourth-order valence-electron chi connectivity index (χ4n) is 4.43. The highest BCUT2D eigenvalue weighted by Crippen LogP contribution is 2.39. The lowest BCUT2D eigenvalue weighted by molar-refractivity contribution is -0.141. The summed E-state index contributed by atoms with van der Waals surface area (Å²) in [6, 6.07) is 15.2. The van der Waals surface area contributed by atoms with Crippen LogP contribution in [0.5, 0.6) is 5.75 Å². The smallest absolute Gasteiger partial charge is 0.289 e. The average molecular weight is 493 g/mol. The number of rotatable bonds is 6. The molecule has 0 spiro atoms. The summed E-state index contributed by atoms with van der Waals surface area (Å²) < 4.78 is 25.9. The Morgan fingerprint density at radius 1 is 1.14 bits per heavy atom. The molecule has 1 aliphatic rings. The zero-order valence-corrected chi connectivity index (χ0v) is 21.5. The predicted octanol–water partition coefficient (Wildman–Crippen LogP) is 5.61. The number of hydrogen-bond donors (Lipinski definition) is 0. The molecule has 0 saturated carbocycles. The van der Waals surface area contributed by atoms with Crippen molar-refractivity contribution >= 4 is 11.8 Å². The zero-order valence-electron chi connectivity index (χ0n) is 21.5. The van der Waals surface area contributed by atoms with Gasteiger partial charge in [-0.15, -0.1) is 0 Å². The molecule has 4 rings (SSSR count). The topological polar surface area (TPSA) is 63.0 Å². The van der Waals surface area contributed by atoms with E-state index in [2.05, 4.69) is 0 Å². The number of halogens is 1. The van der Waals surface area contributed by atoms with E-state index in [9.17, 15) is 14.0 Å². The SMILES string of the molecule is CCN(C)C(=O)c1ccc(COc2ccc3c(c2)[C@H](c2cccc(F)c2)N(C(=O)C(C)(C)C)CC3)o1. The molecule has 6 nitrogen and oxygen atoms in total. The van der Waals surface area contributed by atoms with E-state index in [1.165, 1.54) is 12.1 Å². The summed E-state index contributed by atoms with van der Waals surface area (Å²) in [7, 11) is 1.72. The highest BCUT2D eigenvalue weighted by atomic mass is 19.1. The second-order valence-corrected chi connectivity index (χ2v) is 10.2. The third-order valence-corrected chi connectivity index (χ3v) is 6.49. The number of hydrogen-bond acceptors (Lipinski definition) is 4. The second-order valence-electron chi connectivity index (χ2n) is 10.2. The third kappa shape index (κ3) is 5.30. The first-order valence-electron chi connectivity index (χ1n) is 12.2. The van der Waals surface area contributed by atoms with E-state index in [4.69, 9.17) is 9.15 Å². The number of benzene rings is 2. The van der Waals surface area contributed by atoms with Gasteiger partial charge < -0.3 is 19.0 Å². The summed E-state index contributed by atoms with van der Waals surface area (Å²) in [6.45, 7) is 8.88. The van der Waals surface area contributed by atoms with Gasteiger partial charge in [0.1, 0.15) is 23.9 Å². The summed E-state index contributed by atoms with van der Waals surface area (Å²) in [5, 5.41) is 0. The first kappa shape index (κ1) is 25.5. The Kier molecular flexibility index (Phi) is 7.20. The van der Waals surface area contributed by atoms with E-state index >= 15 is 0 Å². The van der Waals surface area contributed by atoms with E-state index in [1.54, 1.807) is 30.1 Å². The van der Waals surface area contributed by atoms with Crippen LogP contribution in [0.2, 0.25) is 0 Å². The maximum atomic E-state index is 14.2. The molecule has 0 saturated heterocycles. The van der Waals surface area contributed by atoms with Crippen LogP contribution >= 0.6 is 0 Å². The van der Waals surface area contributed by atoms with Crippen molar-refractivity contribution in [2.45, 2.75) is 46.8 Å². The van der Waals surface area contributed by atoms with Crippen molar-refractivity contribution in [1.29, 1.82) is 0 Å². The number of carbonyl (C=O) groups is 2. The predicted molar refractivity (Wildman–Crippen MR) is 135 cm³/mol. The van der Waals surface area contributed by atoms with Gasteiger partial charge in [0.05, 0.1) is 6.04 Å². The van der Waals surface area contributed by atoms with Crippen molar-refractivity contribution < 1.29 is 23.1 Å². The van der Waals surface area contributed by atoms with E-state index in [-0.39, 0.29) is 30.0 Å². The Morgan fingerprint density at radius 3 is 2.61 bits per heavy atom. The zero-order chi connectivity index (χ0) is 26.0. The highest BCUT2D eigenvalue weighted by molar-refractivity contribution is 5.91. The largest absolute Gasteiger partial charge is 0.486 e. The number of furan rings is 1. The molecule has 0 unspecified atom stereocenters. The Morgan fingerprint density at radius 2 is 1.92 bits per heavy atom. The molecule has 2 aromatic carbocycles. The van der Waals surface area contributed by atoms with Gasteiger partial charge in [-0.05, 0) is 66.4 Å². The standard InChI is InChI=1S/C29H33FN2O4/c1-6-31(5)27(33)25-13-12-23(36-25)18-35-22-11-10-19-14-15-32(28(34)29(2,3)4)26(24(19)17-22)20-8-7-9-21(30)16-20/h7-13,16-17,26H,6,14-15,18H2,1-5H3/t26-/m0/s1. The van der Waals surface area contributed by atoms with Crippen LogP contribution in [0.4, 0.5) is 4.39 Å². The van der Waals surface area contributed by atoms with Gasteiger partial charge in [0.25, 0.3) is 5.91 Å². The Balaban J connectivity index is 1.62.